The molecule has 1 aromatic heterocycles. The zero-order valence-electron chi connectivity index (χ0n) is 6.68. The van der Waals surface area contributed by atoms with Crippen LogP contribution in [-0.4, -0.2) is 10.9 Å². The quantitative estimate of drug-likeness (QED) is 0.789. The van der Waals surface area contributed by atoms with Crippen molar-refractivity contribution in [2.24, 2.45) is 5.73 Å². The number of carbonyl (C=O) groups is 1. The second-order valence-corrected chi connectivity index (χ2v) is 3.24. The first-order chi connectivity index (χ1) is 6.43. The number of primary amides is 1. The van der Waals surface area contributed by atoms with Gasteiger partial charge >= 0.3 is 0 Å². The van der Waals surface area contributed by atoms with Crippen LogP contribution in [0.5, 0.6) is 0 Å². The standard InChI is InChI=1S/C7H5BrF2N2O2/c8-5-4(7(11)14)2(6(9)10)1-3(13)12-5/h1,6H,(H2,11,14)(H,12,13). The molecule has 0 aliphatic rings. The highest BCUT2D eigenvalue weighted by Crippen LogP contribution is 2.25. The number of halogens is 3. The molecule has 1 amide bonds. The second-order valence-electron chi connectivity index (χ2n) is 2.44. The molecule has 0 aromatic carbocycles. The van der Waals surface area contributed by atoms with Crippen LogP contribution in [0.15, 0.2) is 15.5 Å². The Morgan fingerprint density at radius 3 is 2.57 bits per heavy atom. The third kappa shape index (κ3) is 1.98. The van der Waals surface area contributed by atoms with Crippen molar-refractivity contribution in [1.82, 2.24) is 4.98 Å². The lowest BCUT2D eigenvalue weighted by Crippen LogP contribution is -2.19. The summed E-state index contributed by atoms with van der Waals surface area (Å²) < 4.78 is 24.6. The van der Waals surface area contributed by atoms with Crippen LogP contribution in [0.4, 0.5) is 8.78 Å². The molecule has 0 bridgehead atoms. The van der Waals surface area contributed by atoms with Crippen molar-refractivity contribution >= 4 is 21.8 Å². The molecule has 0 unspecified atom stereocenters. The molecule has 1 heterocycles. The third-order valence-corrected chi connectivity index (χ3v) is 2.10. The van der Waals surface area contributed by atoms with E-state index >= 15 is 0 Å². The number of rotatable bonds is 2. The van der Waals surface area contributed by atoms with Crippen molar-refractivity contribution in [3.63, 3.8) is 0 Å². The monoisotopic (exact) mass is 266 g/mol. The molecule has 0 radical (unpaired) electrons. The number of nitrogens with two attached hydrogens (primary N) is 1. The molecule has 0 spiro atoms. The maximum absolute atomic E-state index is 12.4. The summed E-state index contributed by atoms with van der Waals surface area (Å²) in [6, 6.07) is 0.648. The number of amides is 1. The van der Waals surface area contributed by atoms with Crippen LogP contribution in [0.3, 0.4) is 0 Å². The van der Waals surface area contributed by atoms with Gasteiger partial charge in [0.1, 0.15) is 0 Å². The lowest BCUT2D eigenvalue weighted by molar-refractivity contribution is 0.0984. The van der Waals surface area contributed by atoms with Gasteiger partial charge in [0.15, 0.2) is 0 Å². The Morgan fingerprint density at radius 2 is 2.14 bits per heavy atom. The molecule has 3 N–H and O–H groups in total. The third-order valence-electron chi connectivity index (χ3n) is 1.51. The van der Waals surface area contributed by atoms with E-state index in [1.807, 2.05) is 0 Å². The number of aromatic nitrogens is 1. The molecule has 0 atom stereocenters. The normalized spacial score (nSPS) is 10.6. The van der Waals surface area contributed by atoms with Gasteiger partial charge in [0.2, 0.25) is 5.56 Å². The van der Waals surface area contributed by atoms with Gasteiger partial charge in [0.25, 0.3) is 12.3 Å². The smallest absolute Gasteiger partial charge is 0.264 e. The molecule has 1 rings (SSSR count). The number of H-pyrrole nitrogens is 1. The van der Waals surface area contributed by atoms with Crippen molar-refractivity contribution in [3.05, 3.63) is 32.2 Å². The number of hydrogen-bond acceptors (Lipinski definition) is 2. The molecule has 7 heteroatoms. The molecule has 1 aromatic rings. The molecule has 0 aliphatic carbocycles. The summed E-state index contributed by atoms with van der Waals surface area (Å²) in [5, 5.41) is 0. The fourth-order valence-corrected chi connectivity index (χ4v) is 1.59. The van der Waals surface area contributed by atoms with Crippen molar-refractivity contribution < 1.29 is 13.6 Å². The first-order valence-corrected chi connectivity index (χ1v) is 4.23. The molecule has 0 saturated carbocycles. The van der Waals surface area contributed by atoms with Crippen molar-refractivity contribution in [2.45, 2.75) is 6.43 Å². The van der Waals surface area contributed by atoms with Crippen LogP contribution in [0.1, 0.15) is 22.3 Å². The van der Waals surface area contributed by atoms with Gasteiger partial charge in [-0.15, -0.1) is 0 Å². The van der Waals surface area contributed by atoms with E-state index < -0.39 is 29.0 Å². The second kappa shape index (κ2) is 3.87. The van der Waals surface area contributed by atoms with E-state index in [0.717, 1.165) is 0 Å². The zero-order chi connectivity index (χ0) is 10.9. The lowest BCUT2D eigenvalue weighted by atomic mass is 10.1. The largest absolute Gasteiger partial charge is 0.366 e. The van der Waals surface area contributed by atoms with E-state index in [2.05, 4.69) is 20.9 Å². The van der Waals surface area contributed by atoms with Crippen LogP contribution in [0, 0.1) is 0 Å². The Balaban J connectivity index is 3.52. The molecule has 0 saturated heterocycles. The van der Waals surface area contributed by atoms with Gasteiger partial charge in [-0.3, -0.25) is 9.59 Å². The van der Waals surface area contributed by atoms with Crippen LogP contribution < -0.4 is 11.3 Å². The molecule has 14 heavy (non-hydrogen) atoms. The molecular formula is C7H5BrF2N2O2. The minimum Gasteiger partial charge on any atom is -0.366 e. The number of aromatic amines is 1. The molecule has 0 fully saturated rings. The highest BCUT2D eigenvalue weighted by molar-refractivity contribution is 9.10. The summed E-state index contributed by atoms with van der Waals surface area (Å²) in [6.45, 7) is 0. The molecule has 4 nitrogen and oxygen atoms in total. The lowest BCUT2D eigenvalue weighted by Gasteiger charge is -2.06. The topological polar surface area (TPSA) is 76.0 Å². The van der Waals surface area contributed by atoms with E-state index in [0.29, 0.717) is 6.07 Å². The Morgan fingerprint density at radius 1 is 1.57 bits per heavy atom. The number of alkyl halides is 2. The fraction of sp³-hybridized carbons (Fsp3) is 0.143. The van der Waals surface area contributed by atoms with Gasteiger partial charge in [0.05, 0.1) is 10.2 Å². The van der Waals surface area contributed by atoms with Gasteiger partial charge in [-0.2, -0.15) is 0 Å². The number of nitrogens with one attached hydrogen (secondary N) is 1. The highest BCUT2D eigenvalue weighted by Gasteiger charge is 2.20. The SMILES string of the molecule is NC(=O)c1c(C(F)F)cc(=O)[nH]c1Br. The van der Waals surface area contributed by atoms with Gasteiger partial charge in [0, 0.05) is 11.6 Å². The molecule has 0 aliphatic heterocycles. The number of pyridine rings is 1. The first-order valence-electron chi connectivity index (χ1n) is 3.44. The maximum atomic E-state index is 12.4. The van der Waals surface area contributed by atoms with Gasteiger partial charge in [-0.25, -0.2) is 8.78 Å². The van der Waals surface area contributed by atoms with E-state index in [1.54, 1.807) is 0 Å². The van der Waals surface area contributed by atoms with Crippen LogP contribution in [0.25, 0.3) is 0 Å². The Bertz CT molecular complexity index is 430. The zero-order valence-corrected chi connectivity index (χ0v) is 8.27. The summed E-state index contributed by atoms with van der Waals surface area (Å²) >= 11 is 2.78. The first kappa shape index (κ1) is 10.8. The van der Waals surface area contributed by atoms with Gasteiger partial charge < -0.3 is 10.7 Å². The van der Waals surface area contributed by atoms with Crippen LogP contribution in [-0.2, 0) is 0 Å². The van der Waals surface area contributed by atoms with Gasteiger partial charge in [-0.05, 0) is 15.9 Å². The minimum atomic E-state index is -2.92. The Labute approximate surface area is 85.2 Å². The Hall–Kier alpha value is -1.24. The minimum absolute atomic E-state index is 0.132. The van der Waals surface area contributed by atoms with E-state index in [-0.39, 0.29) is 4.60 Å². The van der Waals surface area contributed by atoms with E-state index in [4.69, 9.17) is 5.73 Å². The van der Waals surface area contributed by atoms with Crippen molar-refractivity contribution in [3.8, 4) is 0 Å². The molecular weight excluding hydrogens is 262 g/mol. The molecule has 76 valence electrons. The summed E-state index contributed by atoms with van der Waals surface area (Å²) in [5.41, 5.74) is 3.08. The maximum Gasteiger partial charge on any atom is 0.264 e. The Kier molecular flexibility index (Phi) is 3.00. The van der Waals surface area contributed by atoms with Crippen molar-refractivity contribution in [2.75, 3.05) is 0 Å². The van der Waals surface area contributed by atoms with Crippen LogP contribution >= 0.6 is 15.9 Å². The number of carbonyl (C=O) groups excluding carboxylic acids is 1. The summed E-state index contributed by atoms with van der Waals surface area (Å²) in [5.74, 6) is -1.02. The predicted octanol–water partition coefficient (Wildman–Crippen LogP) is 1.17. The predicted molar refractivity (Wildman–Crippen MR) is 48.2 cm³/mol. The van der Waals surface area contributed by atoms with E-state index in [9.17, 15) is 18.4 Å². The fourth-order valence-electron chi connectivity index (χ4n) is 0.969. The van der Waals surface area contributed by atoms with E-state index in [1.165, 1.54) is 0 Å². The highest BCUT2D eigenvalue weighted by atomic mass is 79.9. The van der Waals surface area contributed by atoms with Gasteiger partial charge in [-0.1, -0.05) is 0 Å². The summed E-state index contributed by atoms with van der Waals surface area (Å²) in [4.78, 5) is 23.8. The van der Waals surface area contributed by atoms with Crippen LogP contribution in [0.2, 0.25) is 0 Å². The summed E-state index contributed by atoms with van der Waals surface area (Å²) in [7, 11) is 0. The summed E-state index contributed by atoms with van der Waals surface area (Å²) in [6.07, 6.45) is -2.92. The van der Waals surface area contributed by atoms with Crippen molar-refractivity contribution in [1.29, 1.82) is 0 Å². The average molecular weight is 267 g/mol. The number of hydrogen-bond donors (Lipinski definition) is 2. The average Bonchev–Trinajstić information content (AvgIpc) is 2.01.